The fourth-order valence-corrected chi connectivity index (χ4v) is 1.07. The summed E-state index contributed by atoms with van der Waals surface area (Å²) < 4.78 is 5.00. The van der Waals surface area contributed by atoms with Crippen molar-refractivity contribution in [2.45, 2.75) is 18.9 Å². The van der Waals surface area contributed by atoms with Crippen LogP contribution in [0.2, 0.25) is 0 Å². The average Bonchev–Trinajstić information content (AvgIpc) is 2.23. The first kappa shape index (κ1) is 15.7. The lowest BCUT2D eigenvalue weighted by Gasteiger charge is -2.13. The normalized spacial score (nSPS) is 12.2. The van der Waals surface area contributed by atoms with Crippen molar-refractivity contribution >= 4 is 11.9 Å². The van der Waals surface area contributed by atoms with Crippen LogP contribution in [0.3, 0.4) is 0 Å². The quantitative estimate of drug-likeness (QED) is 0.206. The number of carbonyl (C=O) groups excluding carboxylic acids is 1. The third-order valence-corrected chi connectivity index (χ3v) is 2.05. The van der Waals surface area contributed by atoms with Crippen LogP contribution < -0.4 is 17.2 Å². The SMILES string of the molecule is CN(C)CCOC(=O)[C@@H](N)CCCN=C(N)N. The van der Waals surface area contributed by atoms with Crippen molar-refractivity contribution in [2.24, 2.45) is 22.2 Å². The fraction of sp³-hybridized carbons (Fsp3) is 0.800. The van der Waals surface area contributed by atoms with E-state index in [1.165, 1.54) is 0 Å². The van der Waals surface area contributed by atoms with Gasteiger partial charge in [-0.3, -0.25) is 9.79 Å². The molecule has 100 valence electrons. The molecule has 0 radical (unpaired) electrons. The Morgan fingerprint density at radius 3 is 2.59 bits per heavy atom. The molecule has 0 aliphatic carbocycles. The molecule has 6 N–H and O–H groups in total. The van der Waals surface area contributed by atoms with Crippen LogP contribution in [0.4, 0.5) is 0 Å². The van der Waals surface area contributed by atoms with Crippen LogP contribution in [-0.2, 0) is 9.53 Å². The van der Waals surface area contributed by atoms with E-state index in [4.69, 9.17) is 21.9 Å². The predicted molar refractivity (Wildman–Crippen MR) is 67.4 cm³/mol. The van der Waals surface area contributed by atoms with Gasteiger partial charge in [-0.2, -0.15) is 0 Å². The van der Waals surface area contributed by atoms with E-state index in [0.29, 0.717) is 32.5 Å². The van der Waals surface area contributed by atoms with E-state index in [0.717, 1.165) is 0 Å². The summed E-state index contributed by atoms with van der Waals surface area (Å²) in [6, 6.07) is -0.605. The molecule has 0 aromatic rings. The van der Waals surface area contributed by atoms with Gasteiger partial charge in [-0.1, -0.05) is 0 Å². The lowest BCUT2D eigenvalue weighted by Crippen LogP contribution is -2.34. The lowest BCUT2D eigenvalue weighted by atomic mass is 10.2. The summed E-state index contributed by atoms with van der Waals surface area (Å²) in [6.07, 6.45) is 1.17. The molecule has 0 saturated carbocycles. The Labute approximate surface area is 102 Å². The van der Waals surface area contributed by atoms with E-state index in [1.54, 1.807) is 0 Å². The largest absolute Gasteiger partial charge is 0.463 e. The van der Waals surface area contributed by atoms with Gasteiger partial charge in [0.05, 0.1) is 0 Å². The van der Waals surface area contributed by atoms with Gasteiger partial charge >= 0.3 is 5.97 Å². The summed E-state index contributed by atoms with van der Waals surface area (Å²) >= 11 is 0. The molecule has 0 rings (SSSR count). The zero-order valence-corrected chi connectivity index (χ0v) is 10.6. The molecule has 0 aliphatic heterocycles. The van der Waals surface area contributed by atoms with Gasteiger partial charge < -0.3 is 26.8 Å². The van der Waals surface area contributed by atoms with Crippen LogP contribution in [0.1, 0.15) is 12.8 Å². The highest BCUT2D eigenvalue weighted by molar-refractivity contribution is 5.76. The van der Waals surface area contributed by atoms with Gasteiger partial charge in [-0.15, -0.1) is 0 Å². The molecule has 0 bridgehead atoms. The smallest absolute Gasteiger partial charge is 0.322 e. The number of hydrogen-bond donors (Lipinski definition) is 3. The number of hydrogen-bond acceptors (Lipinski definition) is 5. The third kappa shape index (κ3) is 9.58. The van der Waals surface area contributed by atoms with Crippen molar-refractivity contribution in [1.82, 2.24) is 4.90 Å². The number of carbonyl (C=O) groups is 1. The van der Waals surface area contributed by atoms with E-state index >= 15 is 0 Å². The second kappa shape index (κ2) is 8.77. The van der Waals surface area contributed by atoms with Gasteiger partial charge in [0.15, 0.2) is 5.96 Å². The Morgan fingerprint density at radius 1 is 1.41 bits per heavy atom. The lowest BCUT2D eigenvalue weighted by molar-refractivity contribution is -0.145. The van der Waals surface area contributed by atoms with Crippen molar-refractivity contribution in [1.29, 1.82) is 0 Å². The Bertz CT molecular complexity index is 251. The minimum absolute atomic E-state index is 0.0483. The second-order valence-electron chi connectivity index (χ2n) is 4.03. The molecule has 0 amide bonds. The predicted octanol–water partition coefficient (Wildman–Crippen LogP) is -1.53. The molecule has 0 spiro atoms. The number of rotatable bonds is 8. The van der Waals surface area contributed by atoms with E-state index in [9.17, 15) is 4.79 Å². The summed E-state index contributed by atoms with van der Waals surface area (Å²) in [6.45, 7) is 1.51. The van der Waals surface area contributed by atoms with Gasteiger partial charge in [0, 0.05) is 13.1 Å². The molecule has 0 unspecified atom stereocenters. The minimum Gasteiger partial charge on any atom is -0.463 e. The summed E-state index contributed by atoms with van der Waals surface area (Å²) in [5.74, 6) is -0.330. The topological polar surface area (TPSA) is 120 Å². The molecule has 7 nitrogen and oxygen atoms in total. The first-order valence-corrected chi connectivity index (χ1v) is 5.56. The molecule has 1 atom stereocenters. The van der Waals surface area contributed by atoms with Crippen molar-refractivity contribution in [3.05, 3.63) is 0 Å². The Kier molecular flexibility index (Phi) is 8.08. The number of esters is 1. The maximum atomic E-state index is 11.4. The molecule has 0 aliphatic rings. The van der Waals surface area contributed by atoms with Gasteiger partial charge in [-0.25, -0.2) is 0 Å². The van der Waals surface area contributed by atoms with E-state index < -0.39 is 6.04 Å². The highest BCUT2D eigenvalue weighted by Crippen LogP contribution is 1.97. The number of aliphatic imine (C=N–C) groups is 1. The standard InChI is InChI=1S/C10H23N5O2/c1-15(2)6-7-17-9(16)8(11)4-3-5-14-10(12)13/h8H,3-7,11H2,1-2H3,(H4,12,13,14)/t8-/m0/s1. The Balaban J connectivity index is 3.64. The molecule has 0 fully saturated rings. The highest BCUT2D eigenvalue weighted by Gasteiger charge is 2.14. The molecule has 17 heavy (non-hydrogen) atoms. The van der Waals surface area contributed by atoms with Crippen LogP contribution in [0.5, 0.6) is 0 Å². The molecule has 0 aromatic carbocycles. The maximum Gasteiger partial charge on any atom is 0.322 e. The first-order valence-electron chi connectivity index (χ1n) is 5.56. The highest BCUT2D eigenvalue weighted by atomic mass is 16.5. The molecule has 0 aromatic heterocycles. The summed E-state index contributed by atoms with van der Waals surface area (Å²) in [7, 11) is 3.81. The summed E-state index contributed by atoms with van der Waals surface area (Å²) in [5.41, 5.74) is 16.0. The van der Waals surface area contributed by atoms with Crippen LogP contribution in [0, 0.1) is 0 Å². The number of nitrogens with zero attached hydrogens (tertiary/aromatic N) is 2. The minimum atomic E-state index is -0.605. The summed E-state index contributed by atoms with van der Waals surface area (Å²) in [5, 5.41) is 0. The molecular weight excluding hydrogens is 222 g/mol. The van der Waals surface area contributed by atoms with Gasteiger partial charge in [0.2, 0.25) is 0 Å². The number of likely N-dealkylation sites (N-methyl/N-ethyl adjacent to an activating group) is 1. The third-order valence-electron chi connectivity index (χ3n) is 2.05. The van der Waals surface area contributed by atoms with Crippen LogP contribution >= 0.6 is 0 Å². The molecular formula is C10H23N5O2. The van der Waals surface area contributed by atoms with E-state index in [1.807, 2.05) is 19.0 Å². The summed E-state index contributed by atoms with van der Waals surface area (Å²) in [4.78, 5) is 17.1. The number of ether oxygens (including phenoxy) is 1. The number of guanidine groups is 1. The van der Waals surface area contributed by atoms with Gasteiger partial charge in [-0.05, 0) is 26.9 Å². The Morgan fingerprint density at radius 2 is 2.06 bits per heavy atom. The molecule has 7 heteroatoms. The van der Waals surface area contributed by atoms with Gasteiger partial charge in [0.1, 0.15) is 12.6 Å². The van der Waals surface area contributed by atoms with Crippen LogP contribution in [0.15, 0.2) is 4.99 Å². The monoisotopic (exact) mass is 245 g/mol. The average molecular weight is 245 g/mol. The molecule has 0 saturated heterocycles. The van der Waals surface area contributed by atoms with Gasteiger partial charge in [0.25, 0.3) is 0 Å². The van der Waals surface area contributed by atoms with Crippen molar-refractivity contribution in [3.63, 3.8) is 0 Å². The zero-order chi connectivity index (χ0) is 13.3. The van der Waals surface area contributed by atoms with Crippen molar-refractivity contribution in [2.75, 3.05) is 33.8 Å². The zero-order valence-electron chi connectivity index (χ0n) is 10.6. The van der Waals surface area contributed by atoms with E-state index in [2.05, 4.69) is 4.99 Å². The fourth-order valence-electron chi connectivity index (χ4n) is 1.07. The van der Waals surface area contributed by atoms with E-state index in [-0.39, 0.29) is 11.9 Å². The maximum absolute atomic E-state index is 11.4. The van der Waals surface area contributed by atoms with Crippen molar-refractivity contribution in [3.8, 4) is 0 Å². The first-order chi connectivity index (χ1) is 7.93. The van der Waals surface area contributed by atoms with Crippen molar-refractivity contribution < 1.29 is 9.53 Å². The van der Waals surface area contributed by atoms with Crippen LogP contribution in [-0.4, -0.2) is 56.7 Å². The molecule has 0 heterocycles. The Hall–Kier alpha value is -1.34. The van der Waals surface area contributed by atoms with Crippen LogP contribution in [0.25, 0.3) is 0 Å². The number of nitrogens with two attached hydrogens (primary N) is 3. The second-order valence-corrected chi connectivity index (χ2v) is 4.03.